The van der Waals surface area contributed by atoms with E-state index in [1.54, 1.807) is 11.8 Å². The molecule has 2 saturated carbocycles. The van der Waals surface area contributed by atoms with Crippen LogP contribution >= 0.6 is 0 Å². The van der Waals surface area contributed by atoms with Crippen molar-refractivity contribution in [1.82, 2.24) is 0 Å². The lowest BCUT2D eigenvalue weighted by molar-refractivity contribution is 0.552. The van der Waals surface area contributed by atoms with E-state index in [0.717, 1.165) is 0 Å². The van der Waals surface area contributed by atoms with Gasteiger partial charge in [0.25, 0.3) is 0 Å². The normalized spacial score (nSPS) is 25.9. The van der Waals surface area contributed by atoms with Crippen LogP contribution in [0.5, 0.6) is 0 Å². The molecule has 0 heteroatoms. The molecule has 15 heavy (non-hydrogen) atoms. The van der Waals surface area contributed by atoms with Crippen molar-refractivity contribution in [2.24, 2.45) is 0 Å². The van der Waals surface area contributed by atoms with Gasteiger partial charge in [-0.25, -0.2) is 0 Å². The van der Waals surface area contributed by atoms with Crippen LogP contribution in [0.2, 0.25) is 0 Å². The van der Waals surface area contributed by atoms with Gasteiger partial charge in [0.05, 0.1) is 0 Å². The first-order valence-electron chi connectivity index (χ1n) is 6.33. The van der Waals surface area contributed by atoms with Gasteiger partial charge < -0.3 is 0 Å². The van der Waals surface area contributed by atoms with E-state index in [9.17, 15) is 0 Å². The molecular formula is C15H22. The quantitative estimate of drug-likeness (QED) is 0.604. The fourth-order valence-corrected chi connectivity index (χ4v) is 2.75. The highest BCUT2D eigenvalue weighted by molar-refractivity contribution is 5.33. The fourth-order valence-electron chi connectivity index (χ4n) is 2.75. The van der Waals surface area contributed by atoms with Gasteiger partial charge >= 0.3 is 0 Å². The Kier molecular flexibility index (Phi) is 3.66. The van der Waals surface area contributed by atoms with Crippen LogP contribution in [0.4, 0.5) is 0 Å². The number of hydrogen-bond donors (Lipinski definition) is 0. The standard InChI is InChI=1S/C15H22/c1-12-7-3-5-9-14(12)11-15-10-6-4-8-13(15)2/h1-11H2. The Morgan fingerprint density at radius 3 is 1.47 bits per heavy atom. The summed E-state index contributed by atoms with van der Waals surface area (Å²) < 4.78 is 0. The summed E-state index contributed by atoms with van der Waals surface area (Å²) in [6, 6.07) is 0. The van der Waals surface area contributed by atoms with Crippen LogP contribution in [0.1, 0.15) is 57.8 Å². The Balaban J connectivity index is 1.89. The first-order chi connectivity index (χ1) is 7.27. The van der Waals surface area contributed by atoms with Crippen LogP contribution in [0.25, 0.3) is 0 Å². The van der Waals surface area contributed by atoms with Crippen molar-refractivity contribution in [2.75, 3.05) is 0 Å². The van der Waals surface area contributed by atoms with Crippen LogP contribution in [-0.2, 0) is 0 Å². The van der Waals surface area contributed by atoms with Crippen molar-refractivity contribution >= 4 is 0 Å². The Labute approximate surface area is 94.5 Å². The zero-order valence-electron chi connectivity index (χ0n) is 9.78. The minimum atomic E-state index is 1.19. The Hall–Kier alpha value is -0.520. The van der Waals surface area contributed by atoms with E-state index in [1.165, 1.54) is 68.9 Å². The van der Waals surface area contributed by atoms with E-state index in [-0.39, 0.29) is 0 Å². The molecule has 0 aromatic rings. The average Bonchev–Trinajstić information content (AvgIpc) is 2.24. The van der Waals surface area contributed by atoms with E-state index in [1.807, 2.05) is 0 Å². The molecule has 0 N–H and O–H groups in total. The summed E-state index contributed by atoms with van der Waals surface area (Å²) in [6.07, 6.45) is 11.7. The number of hydrogen-bond acceptors (Lipinski definition) is 0. The van der Waals surface area contributed by atoms with E-state index < -0.39 is 0 Å². The third-order valence-corrected chi connectivity index (χ3v) is 3.84. The molecule has 0 atom stereocenters. The molecule has 0 aromatic carbocycles. The van der Waals surface area contributed by atoms with Gasteiger partial charge in [0.1, 0.15) is 0 Å². The molecule has 0 heterocycles. The van der Waals surface area contributed by atoms with Gasteiger partial charge in [0.2, 0.25) is 0 Å². The minimum Gasteiger partial charge on any atom is -0.0993 e. The van der Waals surface area contributed by atoms with Gasteiger partial charge in [-0.3, -0.25) is 0 Å². The minimum absolute atomic E-state index is 1.19. The number of rotatable bonds is 2. The maximum Gasteiger partial charge on any atom is 0.00117 e. The lowest BCUT2D eigenvalue weighted by Crippen LogP contribution is -2.15. The first kappa shape index (κ1) is 11.0. The molecule has 0 nitrogen and oxygen atoms in total. The highest BCUT2D eigenvalue weighted by Crippen LogP contribution is 2.41. The van der Waals surface area contributed by atoms with Crippen molar-refractivity contribution in [3.8, 4) is 0 Å². The largest absolute Gasteiger partial charge is 0.0993 e. The zero-order valence-corrected chi connectivity index (χ0v) is 9.78. The second-order valence-corrected chi connectivity index (χ2v) is 5.01. The Morgan fingerprint density at radius 1 is 0.667 bits per heavy atom. The molecule has 0 unspecified atom stereocenters. The van der Waals surface area contributed by atoms with Crippen molar-refractivity contribution in [3.63, 3.8) is 0 Å². The molecule has 0 amide bonds. The van der Waals surface area contributed by atoms with Gasteiger partial charge in [0.15, 0.2) is 0 Å². The predicted molar refractivity (Wildman–Crippen MR) is 66.3 cm³/mol. The predicted octanol–water partition coefficient (Wildman–Crippen LogP) is 4.79. The fraction of sp³-hybridized carbons (Fsp3) is 0.600. The van der Waals surface area contributed by atoms with Crippen LogP contribution < -0.4 is 0 Å². The number of allylic oxidation sites excluding steroid dienone is 2. The molecule has 82 valence electrons. The molecular weight excluding hydrogens is 180 g/mol. The Morgan fingerprint density at radius 2 is 1.07 bits per heavy atom. The molecule has 2 radical (unpaired) electrons. The molecule has 2 aliphatic carbocycles. The molecule has 0 aliphatic heterocycles. The lowest BCUT2D eigenvalue weighted by Gasteiger charge is -2.30. The van der Waals surface area contributed by atoms with Gasteiger partial charge in [-0.2, -0.15) is 0 Å². The highest BCUT2D eigenvalue weighted by atomic mass is 14.3. The van der Waals surface area contributed by atoms with Gasteiger partial charge in [-0.1, -0.05) is 37.1 Å². The van der Waals surface area contributed by atoms with Crippen LogP contribution in [-0.4, -0.2) is 0 Å². The highest BCUT2D eigenvalue weighted by Gasteiger charge is 2.25. The van der Waals surface area contributed by atoms with Crippen LogP contribution in [0, 0.1) is 11.8 Å². The summed E-state index contributed by atoms with van der Waals surface area (Å²) in [6.45, 7) is 8.41. The Bertz CT molecular complexity index is 223. The summed E-state index contributed by atoms with van der Waals surface area (Å²) in [5.74, 6) is 3.25. The van der Waals surface area contributed by atoms with Crippen molar-refractivity contribution < 1.29 is 0 Å². The maximum absolute atomic E-state index is 4.21. The summed E-state index contributed by atoms with van der Waals surface area (Å²) in [7, 11) is 0. The summed E-state index contributed by atoms with van der Waals surface area (Å²) >= 11 is 0. The topological polar surface area (TPSA) is 0 Å². The summed E-state index contributed by atoms with van der Waals surface area (Å²) in [5.41, 5.74) is 2.85. The van der Waals surface area contributed by atoms with Gasteiger partial charge in [-0.15, -0.1) is 0 Å². The third kappa shape index (κ3) is 2.74. The van der Waals surface area contributed by atoms with Crippen LogP contribution in [0.15, 0.2) is 24.3 Å². The van der Waals surface area contributed by atoms with E-state index >= 15 is 0 Å². The SMILES string of the molecule is C=C1CCCC[C]1C[C]1CCCCC1=C. The van der Waals surface area contributed by atoms with Crippen LogP contribution in [0.3, 0.4) is 0 Å². The molecule has 2 fully saturated rings. The monoisotopic (exact) mass is 202 g/mol. The third-order valence-electron chi connectivity index (χ3n) is 3.84. The second-order valence-electron chi connectivity index (χ2n) is 5.01. The smallest absolute Gasteiger partial charge is 0.00117 e. The molecule has 2 aliphatic rings. The molecule has 0 saturated heterocycles. The van der Waals surface area contributed by atoms with E-state index in [0.29, 0.717) is 0 Å². The second kappa shape index (κ2) is 5.01. The molecule has 0 spiro atoms. The summed E-state index contributed by atoms with van der Waals surface area (Å²) in [4.78, 5) is 0. The van der Waals surface area contributed by atoms with Gasteiger partial charge in [-0.05, 0) is 44.9 Å². The van der Waals surface area contributed by atoms with Crippen molar-refractivity contribution in [3.05, 3.63) is 36.1 Å². The molecule has 2 rings (SSSR count). The molecule has 0 aromatic heterocycles. The van der Waals surface area contributed by atoms with Crippen molar-refractivity contribution in [2.45, 2.75) is 57.8 Å². The summed E-state index contributed by atoms with van der Waals surface area (Å²) in [5, 5.41) is 0. The van der Waals surface area contributed by atoms with E-state index in [4.69, 9.17) is 0 Å². The maximum atomic E-state index is 4.21. The zero-order chi connectivity index (χ0) is 10.7. The van der Waals surface area contributed by atoms with Crippen molar-refractivity contribution in [1.29, 1.82) is 0 Å². The first-order valence-corrected chi connectivity index (χ1v) is 6.33. The molecule has 0 bridgehead atoms. The van der Waals surface area contributed by atoms with Gasteiger partial charge in [0, 0.05) is 11.8 Å². The lowest BCUT2D eigenvalue weighted by atomic mass is 9.74. The average molecular weight is 202 g/mol. The van der Waals surface area contributed by atoms with E-state index in [2.05, 4.69) is 13.2 Å².